The zero-order valence-electron chi connectivity index (χ0n) is 19.2. The Kier molecular flexibility index (Phi) is 8.05. The van der Waals surface area contributed by atoms with Crippen molar-refractivity contribution >= 4 is 39.1 Å². The topological polar surface area (TPSA) is 75.7 Å². The number of anilines is 2. The summed E-state index contributed by atoms with van der Waals surface area (Å²) in [5, 5.41) is 2.82. The normalized spacial score (nSPS) is 11.2. The van der Waals surface area contributed by atoms with Crippen molar-refractivity contribution in [2.24, 2.45) is 0 Å². The van der Waals surface area contributed by atoms with Crippen molar-refractivity contribution in [3.63, 3.8) is 0 Å². The largest absolute Gasteiger partial charge is 0.494 e. The number of thioether (sulfide) groups is 1. The van der Waals surface area contributed by atoms with Crippen LogP contribution in [0, 0.1) is 13.8 Å². The fourth-order valence-electron chi connectivity index (χ4n) is 3.44. The van der Waals surface area contributed by atoms with E-state index in [0.29, 0.717) is 23.7 Å². The Morgan fingerprint density at radius 2 is 1.58 bits per heavy atom. The van der Waals surface area contributed by atoms with Gasteiger partial charge in [0, 0.05) is 10.6 Å². The number of hydrogen-bond donors (Lipinski definition) is 1. The van der Waals surface area contributed by atoms with Crippen LogP contribution >= 0.6 is 11.8 Å². The first-order chi connectivity index (χ1) is 15.7. The molecule has 0 aromatic heterocycles. The highest BCUT2D eigenvalue weighted by atomic mass is 32.2. The van der Waals surface area contributed by atoms with Crippen LogP contribution in [-0.2, 0) is 14.8 Å². The highest BCUT2D eigenvalue weighted by Crippen LogP contribution is 2.27. The molecule has 33 heavy (non-hydrogen) atoms. The van der Waals surface area contributed by atoms with E-state index >= 15 is 0 Å². The van der Waals surface area contributed by atoms with Crippen molar-refractivity contribution in [2.45, 2.75) is 30.6 Å². The van der Waals surface area contributed by atoms with Gasteiger partial charge >= 0.3 is 0 Å². The molecule has 3 aromatic carbocycles. The van der Waals surface area contributed by atoms with Crippen molar-refractivity contribution in [1.82, 2.24) is 0 Å². The fourth-order valence-corrected chi connectivity index (χ4v) is 5.27. The van der Waals surface area contributed by atoms with E-state index in [1.165, 1.54) is 11.8 Å². The van der Waals surface area contributed by atoms with Gasteiger partial charge in [0.05, 0.1) is 17.2 Å². The van der Waals surface area contributed by atoms with Gasteiger partial charge in [-0.3, -0.25) is 9.10 Å². The maximum absolute atomic E-state index is 13.5. The molecule has 0 atom stereocenters. The van der Waals surface area contributed by atoms with Gasteiger partial charge in [-0.2, -0.15) is 0 Å². The minimum absolute atomic E-state index is 0.119. The molecule has 0 fully saturated rings. The third-order valence-corrected chi connectivity index (χ3v) is 7.41. The molecule has 174 valence electrons. The third-order valence-electron chi connectivity index (χ3n) is 4.88. The average molecular weight is 485 g/mol. The Bertz CT molecular complexity index is 1190. The lowest BCUT2D eigenvalue weighted by Gasteiger charge is -2.24. The summed E-state index contributed by atoms with van der Waals surface area (Å²) in [5.41, 5.74) is 3.03. The number of rotatable bonds is 9. The van der Waals surface area contributed by atoms with Crippen molar-refractivity contribution in [3.05, 3.63) is 77.9 Å². The lowest BCUT2D eigenvalue weighted by atomic mass is 10.1. The maximum atomic E-state index is 13.5. The van der Waals surface area contributed by atoms with Crippen LogP contribution in [0.5, 0.6) is 5.75 Å². The second kappa shape index (κ2) is 10.8. The van der Waals surface area contributed by atoms with E-state index in [-0.39, 0.29) is 11.4 Å². The second-order valence-electron chi connectivity index (χ2n) is 7.54. The van der Waals surface area contributed by atoms with Gasteiger partial charge in [0.1, 0.15) is 12.3 Å². The molecule has 0 saturated carbocycles. The van der Waals surface area contributed by atoms with Gasteiger partial charge in [-0.1, -0.05) is 6.07 Å². The van der Waals surface area contributed by atoms with E-state index in [1.54, 1.807) is 48.5 Å². The van der Waals surface area contributed by atoms with Gasteiger partial charge in [-0.05, 0) is 98.8 Å². The lowest BCUT2D eigenvalue weighted by Crippen LogP contribution is -2.38. The Balaban J connectivity index is 1.94. The Hall–Kier alpha value is -2.97. The predicted molar refractivity (Wildman–Crippen MR) is 135 cm³/mol. The maximum Gasteiger partial charge on any atom is 0.264 e. The number of benzene rings is 3. The van der Waals surface area contributed by atoms with Crippen LogP contribution < -0.4 is 14.4 Å². The molecule has 0 unspecified atom stereocenters. The first-order valence-electron chi connectivity index (χ1n) is 10.5. The molecule has 0 saturated heterocycles. The summed E-state index contributed by atoms with van der Waals surface area (Å²) < 4.78 is 33.7. The van der Waals surface area contributed by atoms with Crippen molar-refractivity contribution in [3.8, 4) is 5.75 Å². The van der Waals surface area contributed by atoms with Gasteiger partial charge in [0.15, 0.2) is 0 Å². The Morgan fingerprint density at radius 3 is 2.12 bits per heavy atom. The van der Waals surface area contributed by atoms with Gasteiger partial charge in [0.2, 0.25) is 5.91 Å². The molecule has 1 amide bonds. The molecular formula is C25H28N2O4S2. The number of carbonyl (C=O) groups is 1. The lowest BCUT2D eigenvalue weighted by molar-refractivity contribution is -0.114. The number of carbonyl (C=O) groups excluding carboxylic acids is 1. The van der Waals surface area contributed by atoms with Gasteiger partial charge in [-0.25, -0.2) is 8.42 Å². The molecule has 0 aliphatic rings. The average Bonchev–Trinajstić information content (AvgIpc) is 2.77. The number of ether oxygens (including phenoxy) is 1. The molecule has 0 spiro atoms. The van der Waals surface area contributed by atoms with Crippen LogP contribution in [0.1, 0.15) is 18.1 Å². The summed E-state index contributed by atoms with van der Waals surface area (Å²) >= 11 is 1.53. The molecule has 0 heterocycles. The van der Waals surface area contributed by atoms with Crippen molar-refractivity contribution < 1.29 is 17.9 Å². The summed E-state index contributed by atoms with van der Waals surface area (Å²) in [6.45, 7) is 5.89. The van der Waals surface area contributed by atoms with E-state index < -0.39 is 15.9 Å². The van der Waals surface area contributed by atoms with Crippen molar-refractivity contribution in [1.29, 1.82) is 0 Å². The molecule has 0 bridgehead atoms. The number of nitrogens with zero attached hydrogens (tertiary/aromatic N) is 1. The zero-order valence-corrected chi connectivity index (χ0v) is 20.8. The van der Waals surface area contributed by atoms with E-state index in [4.69, 9.17) is 4.74 Å². The SMILES string of the molecule is CCOc1ccc(N(CC(=O)Nc2cc(C)cc(C)c2)S(=O)(=O)c2ccc(SC)cc2)cc1. The number of nitrogens with one attached hydrogen (secondary N) is 1. The van der Waals surface area contributed by atoms with Gasteiger partial charge < -0.3 is 10.1 Å². The molecule has 0 radical (unpaired) electrons. The van der Waals surface area contributed by atoms with E-state index in [1.807, 2.05) is 45.2 Å². The monoisotopic (exact) mass is 484 g/mol. The van der Waals surface area contributed by atoms with Crippen LogP contribution in [0.4, 0.5) is 11.4 Å². The number of aryl methyl sites for hydroxylation is 2. The fraction of sp³-hybridized carbons (Fsp3) is 0.240. The quantitative estimate of drug-likeness (QED) is 0.420. The number of sulfonamides is 1. The standard InChI is InChI=1S/C25H28N2O4S2/c1-5-31-22-8-6-21(7-9-22)27(33(29,30)24-12-10-23(32-4)11-13-24)17-25(28)26-20-15-18(2)14-19(3)16-20/h6-16H,5,17H2,1-4H3,(H,26,28). The Morgan fingerprint density at radius 1 is 0.970 bits per heavy atom. The molecule has 6 nitrogen and oxygen atoms in total. The summed E-state index contributed by atoms with van der Waals surface area (Å²) in [5.74, 6) is 0.195. The summed E-state index contributed by atoms with van der Waals surface area (Å²) in [6.07, 6.45) is 1.92. The van der Waals surface area contributed by atoms with Crippen LogP contribution in [0.2, 0.25) is 0 Å². The zero-order chi connectivity index (χ0) is 24.0. The Labute approximate surface area is 200 Å². The molecule has 1 N–H and O–H groups in total. The van der Waals surface area contributed by atoms with Crippen LogP contribution in [0.15, 0.2) is 76.5 Å². The first kappa shape index (κ1) is 24.7. The molecule has 0 aliphatic heterocycles. The number of hydrogen-bond acceptors (Lipinski definition) is 5. The summed E-state index contributed by atoms with van der Waals surface area (Å²) in [4.78, 5) is 14.0. The molecule has 3 rings (SSSR count). The second-order valence-corrected chi connectivity index (χ2v) is 10.3. The highest BCUT2D eigenvalue weighted by molar-refractivity contribution is 7.98. The van der Waals surface area contributed by atoms with Crippen LogP contribution in [0.3, 0.4) is 0 Å². The highest BCUT2D eigenvalue weighted by Gasteiger charge is 2.27. The molecule has 3 aromatic rings. The van der Waals surface area contributed by atoms with Crippen LogP contribution in [0.25, 0.3) is 0 Å². The smallest absolute Gasteiger partial charge is 0.264 e. The minimum Gasteiger partial charge on any atom is -0.494 e. The minimum atomic E-state index is -3.99. The van der Waals surface area contributed by atoms with Gasteiger partial charge in [-0.15, -0.1) is 11.8 Å². The first-order valence-corrected chi connectivity index (χ1v) is 13.2. The van der Waals surface area contributed by atoms with E-state index in [2.05, 4.69) is 5.32 Å². The van der Waals surface area contributed by atoms with Crippen LogP contribution in [-0.4, -0.2) is 33.7 Å². The summed E-state index contributed by atoms with van der Waals surface area (Å²) in [6, 6.07) is 19.0. The third kappa shape index (κ3) is 6.30. The van der Waals surface area contributed by atoms with E-state index in [0.717, 1.165) is 20.3 Å². The number of amides is 1. The van der Waals surface area contributed by atoms with E-state index in [9.17, 15) is 13.2 Å². The van der Waals surface area contributed by atoms with Crippen molar-refractivity contribution in [2.75, 3.05) is 29.0 Å². The summed E-state index contributed by atoms with van der Waals surface area (Å²) in [7, 11) is -3.99. The molecule has 8 heteroatoms. The van der Waals surface area contributed by atoms with Gasteiger partial charge in [0.25, 0.3) is 10.0 Å². The molecular weight excluding hydrogens is 456 g/mol. The molecule has 0 aliphatic carbocycles. The predicted octanol–water partition coefficient (Wildman–Crippen LogP) is 5.26.